The molecule has 1 heterocycles. The van der Waals surface area contributed by atoms with Gasteiger partial charge in [-0.05, 0) is 25.7 Å². The van der Waals surface area contributed by atoms with Gasteiger partial charge in [-0.3, -0.25) is 5.01 Å². The van der Waals surface area contributed by atoms with E-state index in [1.54, 1.807) is 0 Å². The van der Waals surface area contributed by atoms with E-state index < -0.39 is 0 Å². The molecule has 2 amide bonds. The van der Waals surface area contributed by atoms with Gasteiger partial charge in [-0.1, -0.05) is 19.3 Å². The van der Waals surface area contributed by atoms with E-state index in [4.69, 9.17) is 5.73 Å². The Hall–Kier alpha value is -0.770. The average Bonchev–Trinajstić information content (AvgIpc) is 2.72. The van der Waals surface area contributed by atoms with Gasteiger partial charge >= 0.3 is 6.03 Å². The first-order valence-electron chi connectivity index (χ1n) is 6.12. The van der Waals surface area contributed by atoms with Gasteiger partial charge in [-0.2, -0.15) is 0 Å². The molecule has 4 nitrogen and oxygen atoms in total. The van der Waals surface area contributed by atoms with Crippen molar-refractivity contribution < 1.29 is 4.79 Å². The molecule has 1 saturated heterocycles. The summed E-state index contributed by atoms with van der Waals surface area (Å²) in [4.78, 5) is 11.5. The summed E-state index contributed by atoms with van der Waals surface area (Å²) in [5, 5.41) is 3.99. The predicted octanol–water partition coefficient (Wildman–Crippen LogP) is 1.71. The lowest BCUT2D eigenvalue weighted by atomic mass is 9.95. The maximum absolute atomic E-state index is 11.5. The highest BCUT2D eigenvalue weighted by Gasteiger charge is 2.30. The lowest BCUT2D eigenvalue weighted by Crippen LogP contribution is -2.53. The first-order valence-corrected chi connectivity index (χ1v) is 6.12. The first kappa shape index (κ1) is 10.7. The van der Waals surface area contributed by atoms with E-state index in [2.05, 4.69) is 5.01 Å². The van der Waals surface area contributed by atoms with E-state index >= 15 is 0 Å². The Bertz CT molecular complexity index is 220. The summed E-state index contributed by atoms with van der Waals surface area (Å²) < 4.78 is 0. The lowest BCUT2D eigenvalue weighted by molar-refractivity contribution is -0.00814. The molecule has 2 rings (SSSR count). The van der Waals surface area contributed by atoms with Gasteiger partial charge in [0.15, 0.2) is 0 Å². The number of rotatable bonds is 2. The third-order valence-electron chi connectivity index (χ3n) is 3.53. The van der Waals surface area contributed by atoms with Crippen molar-refractivity contribution in [2.24, 2.45) is 5.73 Å². The molecule has 0 unspecified atom stereocenters. The Morgan fingerprint density at radius 2 is 1.67 bits per heavy atom. The van der Waals surface area contributed by atoms with Gasteiger partial charge in [0.25, 0.3) is 0 Å². The quantitative estimate of drug-likeness (QED) is 0.756. The van der Waals surface area contributed by atoms with Gasteiger partial charge in [0.05, 0.1) is 6.04 Å². The minimum Gasteiger partial charge on any atom is -0.350 e. The van der Waals surface area contributed by atoms with E-state index in [9.17, 15) is 4.79 Å². The van der Waals surface area contributed by atoms with Gasteiger partial charge in [-0.25, -0.2) is 9.80 Å². The topological polar surface area (TPSA) is 49.6 Å². The highest BCUT2D eigenvalue weighted by molar-refractivity contribution is 5.71. The molecule has 2 fully saturated rings. The van der Waals surface area contributed by atoms with E-state index in [1.807, 2.05) is 5.01 Å². The van der Waals surface area contributed by atoms with Crippen LogP contribution in [0, 0.1) is 0 Å². The van der Waals surface area contributed by atoms with Crippen LogP contribution in [0.1, 0.15) is 44.9 Å². The maximum atomic E-state index is 11.5. The molecule has 0 radical (unpaired) electrons. The maximum Gasteiger partial charge on any atom is 0.329 e. The van der Waals surface area contributed by atoms with Gasteiger partial charge in [0.1, 0.15) is 0 Å². The third-order valence-corrected chi connectivity index (χ3v) is 3.53. The number of hydrazine groups is 1. The summed E-state index contributed by atoms with van der Waals surface area (Å²) in [6, 6.07) is 0.109. The first-order chi connectivity index (χ1) is 7.29. The second-order valence-corrected chi connectivity index (χ2v) is 4.64. The van der Waals surface area contributed by atoms with Crippen molar-refractivity contribution in [1.82, 2.24) is 10.0 Å². The second-order valence-electron chi connectivity index (χ2n) is 4.64. The number of hydrogen-bond donors (Lipinski definition) is 1. The molecule has 0 bridgehead atoms. The molecule has 2 aliphatic rings. The number of amides is 2. The van der Waals surface area contributed by atoms with Crippen LogP contribution >= 0.6 is 0 Å². The molecule has 1 saturated carbocycles. The number of urea groups is 1. The Morgan fingerprint density at radius 3 is 2.20 bits per heavy atom. The van der Waals surface area contributed by atoms with E-state index in [0.29, 0.717) is 6.04 Å². The molecule has 0 aromatic heterocycles. The van der Waals surface area contributed by atoms with Crippen molar-refractivity contribution in [2.45, 2.75) is 51.0 Å². The molecule has 0 spiro atoms. The summed E-state index contributed by atoms with van der Waals surface area (Å²) in [5.74, 6) is 0. The third kappa shape index (κ3) is 2.43. The van der Waals surface area contributed by atoms with Crippen LogP contribution in [0.25, 0.3) is 0 Å². The van der Waals surface area contributed by atoms with Crippen LogP contribution in [-0.4, -0.2) is 35.2 Å². The van der Waals surface area contributed by atoms with Crippen molar-refractivity contribution in [3.8, 4) is 0 Å². The summed E-state index contributed by atoms with van der Waals surface area (Å²) >= 11 is 0. The minimum atomic E-state index is -0.260. The number of hydrogen-bond acceptors (Lipinski definition) is 2. The predicted molar refractivity (Wildman–Crippen MR) is 59.1 cm³/mol. The molecule has 2 N–H and O–H groups in total. The fourth-order valence-corrected chi connectivity index (χ4v) is 2.79. The van der Waals surface area contributed by atoms with Crippen molar-refractivity contribution in [3.63, 3.8) is 0 Å². The van der Waals surface area contributed by atoms with Crippen LogP contribution in [0.15, 0.2) is 0 Å². The molecule has 0 aromatic carbocycles. The highest BCUT2D eigenvalue weighted by atomic mass is 16.2. The summed E-state index contributed by atoms with van der Waals surface area (Å²) in [7, 11) is 0. The Balaban J connectivity index is 2.00. The smallest absolute Gasteiger partial charge is 0.329 e. The largest absolute Gasteiger partial charge is 0.350 e. The standard InChI is InChI=1S/C11H21N3O/c12-11(15)14(13-8-4-5-9-13)10-6-2-1-3-7-10/h10H,1-9H2,(H2,12,15). The second kappa shape index (κ2) is 4.84. The summed E-state index contributed by atoms with van der Waals surface area (Å²) in [5.41, 5.74) is 5.49. The fraction of sp³-hybridized carbons (Fsp3) is 0.909. The molecule has 1 aliphatic carbocycles. The zero-order valence-electron chi connectivity index (χ0n) is 9.32. The zero-order valence-corrected chi connectivity index (χ0v) is 9.32. The monoisotopic (exact) mass is 211 g/mol. The van der Waals surface area contributed by atoms with Crippen LogP contribution in [0.4, 0.5) is 4.79 Å². The molecule has 4 heteroatoms. The molecular weight excluding hydrogens is 190 g/mol. The van der Waals surface area contributed by atoms with E-state index in [1.165, 1.54) is 32.1 Å². The van der Waals surface area contributed by atoms with E-state index in [0.717, 1.165) is 25.9 Å². The average molecular weight is 211 g/mol. The highest BCUT2D eigenvalue weighted by Crippen LogP contribution is 2.25. The number of primary amides is 1. The number of carbonyl (C=O) groups is 1. The lowest BCUT2D eigenvalue weighted by Gasteiger charge is -2.38. The Labute approximate surface area is 91.4 Å². The van der Waals surface area contributed by atoms with Gasteiger partial charge < -0.3 is 5.73 Å². The SMILES string of the molecule is NC(=O)N(C1CCCCC1)N1CCCC1. The van der Waals surface area contributed by atoms with Crippen molar-refractivity contribution in [3.05, 3.63) is 0 Å². The van der Waals surface area contributed by atoms with Crippen molar-refractivity contribution in [1.29, 1.82) is 0 Å². The van der Waals surface area contributed by atoms with Crippen LogP contribution in [-0.2, 0) is 0 Å². The van der Waals surface area contributed by atoms with Crippen LogP contribution in [0.5, 0.6) is 0 Å². The van der Waals surface area contributed by atoms with Crippen LogP contribution in [0.3, 0.4) is 0 Å². The minimum absolute atomic E-state index is 0.260. The van der Waals surface area contributed by atoms with Gasteiger partial charge in [0, 0.05) is 13.1 Å². The Kier molecular flexibility index (Phi) is 3.46. The van der Waals surface area contributed by atoms with Crippen molar-refractivity contribution >= 4 is 6.03 Å². The zero-order chi connectivity index (χ0) is 10.7. The molecule has 0 atom stereocenters. The molecule has 15 heavy (non-hydrogen) atoms. The van der Waals surface area contributed by atoms with Crippen LogP contribution in [0.2, 0.25) is 0 Å². The normalized spacial score (nSPS) is 24.3. The van der Waals surface area contributed by atoms with E-state index in [-0.39, 0.29) is 6.03 Å². The number of nitrogens with two attached hydrogens (primary N) is 1. The molecule has 1 aliphatic heterocycles. The summed E-state index contributed by atoms with van der Waals surface area (Å²) in [6.45, 7) is 2.00. The molecule has 86 valence electrons. The molecular formula is C11H21N3O. The van der Waals surface area contributed by atoms with Crippen molar-refractivity contribution in [2.75, 3.05) is 13.1 Å². The van der Waals surface area contributed by atoms with Gasteiger partial charge in [0.2, 0.25) is 0 Å². The number of nitrogens with zero attached hydrogens (tertiary/aromatic N) is 2. The number of carbonyl (C=O) groups excluding carboxylic acids is 1. The van der Waals surface area contributed by atoms with Crippen LogP contribution < -0.4 is 5.73 Å². The summed E-state index contributed by atoms with van der Waals surface area (Å²) in [6.07, 6.45) is 8.42. The fourth-order valence-electron chi connectivity index (χ4n) is 2.79. The molecule has 0 aromatic rings. The van der Waals surface area contributed by atoms with Gasteiger partial charge in [-0.15, -0.1) is 0 Å². The Morgan fingerprint density at radius 1 is 1.07 bits per heavy atom.